The maximum absolute atomic E-state index is 11.7. The molecule has 1 amide bonds. The fourth-order valence-corrected chi connectivity index (χ4v) is 1.65. The Kier molecular flexibility index (Phi) is 21.5. The summed E-state index contributed by atoms with van der Waals surface area (Å²) in [5.41, 5.74) is 2.04. The summed E-state index contributed by atoms with van der Waals surface area (Å²) >= 11 is 0. The van der Waals surface area contributed by atoms with Gasteiger partial charge in [0.2, 0.25) is 5.91 Å². The summed E-state index contributed by atoms with van der Waals surface area (Å²) in [6.07, 6.45) is 1.29. The molecule has 1 N–H and O–H groups in total. The van der Waals surface area contributed by atoms with Crippen molar-refractivity contribution in [2.24, 2.45) is 0 Å². The van der Waals surface area contributed by atoms with Crippen molar-refractivity contribution in [3.8, 4) is 0 Å². The first-order valence-corrected chi connectivity index (χ1v) is 7.73. The third-order valence-corrected chi connectivity index (χ3v) is 2.54. The summed E-state index contributed by atoms with van der Waals surface area (Å²) in [6, 6.07) is 19.6. The predicted octanol–water partition coefficient (Wildman–Crippen LogP) is 5.76. The number of anilines is 1. The van der Waals surface area contributed by atoms with Crippen LogP contribution >= 0.6 is 0 Å². The van der Waals surface area contributed by atoms with E-state index >= 15 is 0 Å². The largest absolute Gasteiger partial charge is 0.358 e. The van der Waals surface area contributed by atoms with Gasteiger partial charge in [0.1, 0.15) is 0 Å². The molecule has 3 heteroatoms. The van der Waals surface area contributed by atoms with Gasteiger partial charge in [-0.3, -0.25) is 4.79 Å². The van der Waals surface area contributed by atoms with Crippen molar-refractivity contribution in [2.75, 3.05) is 5.32 Å². The van der Waals surface area contributed by atoms with Gasteiger partial charge in [0.15, 0.2) is 0 Å². The van der Waals surface area contributed by atoms with Crippen molar-refractivity contribution in [3.05, 3.63) is 73.7 Å². The van der Waals surface area contributed by atoms with Crippen molar-refractivity contribution in [3.63, 3.8) is 0 Å². The second kappa shape index (κ2) is 18.6. The van der Waals surface area contributed by atoms with Crippen LogP contribution in [0.3, 0.4) is 0 Å². The molecule has 2 rings (SSSR count). The molecule has 0 aliphatic carbocycles. The number of carbonyl (C=O) groups excluding carboxylic acids is 1. The molecule has 0 aliphatic rings. The zero-order chi connectivity index (χ0) is 15.9. The van der Waals surface area contributed by atoms with Crippen molar-refractivity contribution >= 4 is 11.6 Å². The minimum Gasteiger partial charge on any atom is -0.358 e. The topological polar surface area (TPSA) is 29.1 Å². The van der Waals surface area contributed by atoms with Gasteiger partial charge in [0.25, 0.3) is 0 Å². The maximum atomic E-state index is 11.7. The molecule has 0 atom stereocenters. The molecule has 2 aromatic carbocycles. The van der Waals surface area contributed by atoms with Gasteiger partial charge >= 0.3 is 0 Å². The molecule has 0 aliphatic heterocycles. The third-order valence-electron chi connectivity index (χ3n) is 2.54. The Morgan fingerprint density at radius 3 is 1.74 bits per heavy atom. The smallest absolute Gasteiger partial charge is 0.224 e. The van der Waals surface area contributed by atoms with Crippen LogP contribution in [0.4, 0.5) is 5.69 Å². The molecule has 2 nitrogen and oxygen atoms in total. The Hall–Kier alpha value is -1.40. The van der Waals surface area contributed by atoms with Crippen LogP contribution in [0.1, 0.15) is 39.7 Å². The molecular weight excluding hydrogens is 454 g/mol. The zero-order valence-corrected chi connectivity index (χ0v) is 17.9. The van der Waals surface area contributed by atoms with Crippen molar-refractivity contribution in [1.29, 1.82) is 0 Å². The van der Waals surface area contributed by atoms with E-state index in [4.69, 9.17) is 0 Å². The Morgan fingerprint density at radius 2 is 1.26 bits per heavy atom. The second-order valence-corrected chi connectivity index (χ2v) is 3.90. The predicted molar refractivity (Wildman–Crippen MR) is 98.9 cm³/mol. The molecule has 2 aromatic rings. The van der Waals surface area contributed by atoms with Crippen LogP contribution in [-0.2, 0) is 32.3 Å². The minimum absolute atomic E-state index is 0. The van der Waals surface area contributed by atoms with Crippen LogP contribution in [0.2, 0.25) is 0 Å². The first-order valence-electron chi connectivity index (χ1n) is 7.73. The van der Waals surface area contributed by atoms with E-state index in [2.05, 4.69) is 5.32 Å². The molecule has 0 radical (unpaired) electrons. The van der Waals surface area contributed by atoms with E-state index in [1.165, 1.54) is 5.56 Å². The Balaban J connectivity index is -0.000000619. The number of rotatable bonds is 4. The number of hydrogen-bond acceptors (Lipinski definition) is 1. The summed E-state index contributed by atoms with van der Waals surface area (Å²) in [5.74, 6) is 0.0556. The van der Waals surface area contributed by atoms with Crippen LogP contribution in [0.15, 0.2) is 60.7 Å². The van der Waals surface area contributed by atoms with Gasteiger partial charge in [0.05, 0.1) is 0 Å². The quantitative estimate of drug-likeness (QED) is 0.550. The monoisotopic (exact) mass is 484 g/mol. The average Bonchev–Trinajstić information content (AvgIpc) is 2.58. The number of amides is 1. The molecule has 0 bridgehead atoms. The van der Waals surface area contributed by atoms with Crippen molar-refractivity contribution in [2.45, 2.75) is 40.5 Å². The van der Waals surface area contributed by atoms with E-state index in [1.54, 1.807) is 0 Å². The van der Waals surface area contributed by atoms with Gasteiger partial charge in [-0.1, -0.05) is 76.2 Å². The summed E-state index contributed by atoms with van der Waals surface area (Å²) in [5, 5.41) is 2.87. The van der Waals surface area contributed by atoms with E-state index in [9.17, 15) is 4.79 Å². The molecule has 128 valence electrons. The summed E-state index contributed by atoms with van der Waals surface area (Å²) in [6.45, 7) is 8.00. The molecule has 0 saturated heterocycles. The number of carbonyl (C=O) groups is 1. The first-order chi connectivity index (χ1) is 10.3. The van der Waals surface area contributed by atoms with Crippen molar-refractivity contribution in [1.82, 2.24) is 0 Å². The zero-order valence-electron chi connectivity index (χ0n) is 15.0. The van der Waals surface area contributed by atoms with Gasteiger partial charge in [0, 0.05) is 33.2 Å². The Morgan fingerprint density at radius 1 is 0.826 bits per heavy atom. The van der Waals surface area contributed by atoms with E-state index in [-0.39, 0.29) is 34.4 Å². The second-order valence-electron chi connectivity index (χ2n) is 3.90. The fraction of sp³-hybridized carbons (Fsp3) is 0.300. The van der Waals surface area contributed by atoms with E-state index in [0.29, 0.717) is 6.42 Å². The Bertz CT molecular complexity index is 472. The van der Waals surface area contributed by atoms with Crippen LogP contribution < -0.4 is 5.32 Å². The summed E-state index contributed by atoms with van der Waals surface area (Å²) in [7, 11) is 0. The average molecular weight is 484 g/mol. The standard InChI is InChI=1S/C15H15NO.2C2H6.CH3.W/c17-15(16-14-9-5-2-6-10-14)12-11-13-7-3-1-4-8-13;2*1-2;;/h1-10H,11-12H2,(H,16,17);2*1-2H3;1H3;/q;;;-1;. The van der Waals surface area contributed by atoms with Crippen LogP contribution in [-0.4, -0.2) is 5.91 Å². The summed E-state index contributed by atoms with van der Waals surface area (Å²) < 4.78 is 0. The van der Waals surface area contributed by atoms with Gasteiger partial charge < -0.3 is 12.7 Å². The van der Waals surface area contributed by atoms with E-state index in [1.807, 2.05) is 88.4 Å². The van der Waals surface area contributed by atoms with Gasteiger partial charge in [-0.2, -0.15) is 0 Å². The number of para-hydroxylation sites is 1. The molecule has 0 fully saturated rings. The number of hydrogen-bond donors (Lipinski definition) is 1. The molecule has 0 aromatic heterocycles. The third kappa shape index (κ3) is 12.8. The number of nitrogens with one attached hydrogen (secondary N) is 1. The minimum atomic E-state index is 0. The molecule has 23 heavy (non-hydrogen) atoms. The normalized spacial score (nSPS) is 7.83. The van der Waals surface area contributed by atoms with E-state index in [0.717, 1.165) is 12.1 Å². The molecule has 0 heterocycles. The van der Waals surface area contributed by atoms with Crippen molar-refractivity contribution < 1.29 is 25.9 Å². The Labute approximate surface area is 157 Å². The van der Waals surface area contributed by atoms with E-state index < -0.39 is 0 Å². The fourth-order valence-electron chi connectivity index (χ4n) is 1.65. The first kappa shape index (κ1) is 26.5. The van der Waals surface area contributed by atoms with Gasteiger partial charge in [-0.05, 0) is 24.1 Å². The molecule has 0 unspecified atom stereocenters. The van der Waals surface area contributed by atoms with Crippen LogP contribution in [0.5, 0.6) is 0 Å². The maximum Gasteiger partial charge on any atom is 0.224 e. The molecular formula is C20H30NOW-. The number of benzene rings is 2. The van der Waals surface area contributed by atoms with Gasteiger partial charge in [-0.25, -0.2) is 0 Å². The van der Waals surface area contributed by atoms with Crippen LogP contribution in [0, 0.1) is 7.43 Å². The summed E-state index contributed by atoms with van der Waals surface area (Å²) in [4.78, 5) is 11.7. The van der Waals surface area contributed by atoms with Gasteiger partial charge in [-0.15, -0.1) is 0 Å². The number of aryl methyl sites for hydroxylation is 1. The van der Waals surface area contributed by atoms with Crippen LogP contribution in [0.25, 0.3) is 0 Å². The molecule has 0 saturated carbocycles. The molecule has 0 spiro atoms. The SMILES string of the molecule is CC.CC.O=C(CCc1ccccc1)Nc1ccccc1.[CH3-].[W].